The molecule has 1 fully saturated rings. The van der Waals surface area contributed by atoms with E-state index in [1.165, 1.54) is 12.1 Å². The van der Waals surface area contributed by atoms with Crippen LogP contribution in [-0.4, -0.2) is 12.6 Å². The average Bonchev–Trinajstić information content (AvgIpc) is 2.50. The van der Waals surface area contributed by atoms with Crippen molar-refractivity contribution in [2.75, 3.05) is 6.54 Å². The van der Waals surface area contributed by atoms with Crippen molar-refractivity contribution in [3.05, 3.63) is 34.1 Å². The fourth-order valence-corrected chi connectivity index (χ4v) is 1.92. The minimum atomic E-state index is -0.310. The van der Waals surface area contributed by atoms with Crippen molar-refractivity contribution in [2.24, 2.45) is 0 Å². The normalized spacial score (nSPS) is 20.4. The zero-order valence-electron chi connectivity index (χ0n) is 7.18. The summed E-state index contributed by atoms with van der Waals surface area (Å²) >= 11 is 3.20. The van der Waals surface area contributed by atoms with Crippen LogP contribution in [0.4, 0.5) is 9.18 Å². The van der Waals surface area contributed by atoms with Gasteiger partial charge >= 0.3 is 6.03 Å². The number of carbonyl (C=O) groups excluding carboxylic acids is 1. The summed E-state index contributed by atoms with van der Waals surface area (Å²) in [4.78, 5) is 10.9. The lowest BCUT2D eigenvalue weighted by Gasteiger charge is -2.09. The highest BCUT2D eigenvalue weighted by Gasteiger charge is 2.21. The smallest absolute Gasteiger partial charge is 0.315 e. The summed E-state index contributed by atoms with van der Waals surface area (Å²) < 4.78 is 13.7. The van der Waals surface area contributed by atoms with Crippen LogP contribution >= 0.6 is 15.9 Å². The van der Waals surface area contributed by atoms with Crippen molar-refractivity contribution in [1.82, 2.24) is 10.6 Å². The average molecular weight is 259 g/mol. The molecule has 2 N–H and O–H groups in total. The molecule has 3 nitrogen and oxygen atoms in total. The summed E-state index contributed by atoms with van der Waals surface area (Å²) in [5, 5.41) is 5.31. The van der Waals surface area contributed by atoms with E-state index in [4.69, 9.17) is 0 Å². The SMILES string of the molecule is O=C1NCC(c2cc(F)cc(Br)c2)N1. The van der Waals surface area contributed by atoms with Gasteiger partial charge in [0.25, 0.3) is 0 Å². The minimum Gasteiger partial charge on any atom is -0.336 e. The van der Waals surface area contributed by atoms with Crippen molar-refractivity contribution in [3.63, 3.8) is 0 Å². The molecule has 1 unspecified atom stereocenters. The maximum absolute atomic E-state index is 13.0. The van der Waals surface area contributed by atoms with Crippen molar-refractivity contribution in [3.8, 4) is 0 Å². The lowest BCUT2D eigenvalue weighted by Crippen LogP contribution is -2.21. The van der Waals surface area contributed by atoms with Gasteiger partial charge in [-0.05, 0) is 23.8 Å². The maximum Gasteiger partial charge on any atom is 0.315 e. The van der Waals surface area contributed by atoms with Crippen LogP contribution in [0.2, 0.25) is 0 Å². The first-order chi connectivity index (χ1) is 6.65. The summed E-state index contributed by atoms with van der Waals surface area (Å²) in [7, 11) is 0. The second kappa shape index (κ2) is 3.57. The van der Waals surface area contributed by atoms with Gasteiger partial charge in [0.05, 0.1) is 6.04 Å². The van der Waals surface area contributed by atoms with Gasteiger partial charge in [-0.1, -0.05) is 15.9 Å². The molecule has 1 aromatic rings. The molecule has 0 saturated carbocycles. The van der Waals surface area contributed by atoms with E-state index in [-0.39, 0.29) is 17.9 Å². The van der Waals surface area contributed by atoms with Gasteiger partial charge in [-0.15, -0.1) is 0 Å². The Kier molecular flexibility index (Phi) is 2.41. The summed E-state index contributed by atoms with van der Waals surface area (Å²) in [6, 6.07) is 4.24. The van der Waals surface area contributed by atoms with Gasteiger partial charge in [-0.25, -0.2) is 9.18 Å². The van der Waals surface area contributed by atoms with E-state index in [2.05, 4.69) is 26.6 Å². The molecule has 14 heavy (non-hydrogen) atoms. The second-order valence-electron chi connectivity index (χ2n) is 3.11. The van der Waals surface area contributed by atoms with Gasteiger partial charge in [-0.3, -0.25) is 0 Å². The first-order valence-corrected chi connectivity index (χ1v) is 4.95. The molecule has 0 spiro atoms. The van der Waals surface area contributed by atoms with Crippen LogP contribution in [0.5, 0.6) is 0 Å². The summed E-state index contributed by atoms with van der Waals surface area (Å²) in [6.45, 7) is 0.495. The topological polar surface area (TPSA) is 41.1 Å². The number of halogens is 2. The molecule has 1 heterocycles. The molecule has 2 rings (SSSR count). The number of nitrogens with one attached hydrogen (secondary N) is 2. The zero-order chi connectivity index (χ0) is 10.1. The third-order valence-electron chi connectivity index (χ3n) is 2.06. The number of hydrogen-bond donors (Lipinski definition) is 2. The van der Waals surface area contributed by atoms with E-state index in [9.17, 15) is 9.18 Å². The monoisotopic (exact) mass is 258 g/mol. The summed E-state index contributed by atoms with van der Waals surface area (Å²) in [6.07, 6.45) is 0. The third-order valence-corrected chi connectivity index (χ3v) is 2.52. The number of amides is 2. The molecule has 2 amide bonds. The van der Waals surface area contributed by atoms with Crippen molar-refractivity contribution in [1.29, 1.82) is 0 Å². The molecule has 0 bridgehead atoms. The Balaban J connectivity index is 2.27. The number of hydrogen-bond acceptors (Lipinski definition) is 1. The highest BCUT2D eigenvalue weighted by Crippen LogP contribution is 2.21. The van der Waals surface area contributed by atoms with Crippen LogP contribution in [0.1, 0.15) is 11.6 Å². The molecule has 1 aliphatic rings. The van der Waals surface area contributed by atoms with E-state index >= 15 is 0 Å². The Morgan fingerprint density at radius 2 is 2.21 bits per heavy atom. The molecule has 5 heteroatoms. The zero-order valence-corrected chi connectivity index (χ0v) is 8.77. The molecule has 0 aliphatic carbocycles. The second-order valence-corrected chi connectivity index (χ2v) is 4.03. The Labute approximate surface area is 88.8 Å². The largest absolute Gasteiger partial charge is 0.336 e. The summed E-state index contributed by atoms with van der Waals surface area (Å²) in [5.41, 5.74) is 0.759. The van der Waals surface area contributed by atoms with Gasteiger partial charge in [0, 0.05) is 11.0 Å². The molecular weight excluding hydrogens is 251 g/mol. The Morgan fingerprint density at radius 3 is 2.79 bits per heavy atom. The van der Waals surface area contributed by atoms with Gasteiger partial charge in [0.15, 0.2) is 0 Å². The van der Waals surface area contributed by atoms with Crippen molar-refractivity contribution < 1.29 is 9.18 Å². The minimum absolute atomic E-state index is 0.144. The van der Waals surface area contributed by atoms with Gasteiger partial charge in [0.2, 0.25) is 0 Å². The van der Waals surface area contributed by atoms with E-state index < -0.39 is 0 Å². The molecule has 0 aromatic heterocycles. The van der Waals surface area contributed by atoms with Crippen LogP contribution in [0.3, 0.4) is 0 Å². The van der Waals surface area contributed by atoms with E-state index in [0.717, 1.165) is 5.56 Å². The van der Waals surface area contributed by atoms with Crippen LogP contribution in [0.15, 0.2) is 22.7 Å². The van der Waals surface area contributed by atoms with Crippen LogP contribution in [-0.2, 0) is 0 Å². The van der Waals surface area contributed by atoms with E-state index in [1.54, 1.807) is 6.07 Å². The molecule has 1 aromatic carbocycles. The van der Waals surface area contributed by atoms with Gasteiger partial charge in [0.1, 0.15) is 5.82 Å². The van der Waals surface area contributed by atoms with Gasteiger partial charge in [-0.2, -0.15) is 0 Å². The lowest BCUT2D eigenvalue weighted by molar-refractivity contribution is 0.247. The molecule has 1 aliphatic heterocycles. The number of carbonyl (C=O) groups is 1. The number of rotatable bonds is 1. The predicted octanol–water partition coefficient (Wildman–Crippen LogP) is 1.94. The number of urea groups is 1. The highest BCUT2D eigenvalue weighted by molar-refractivity contribution is 9.10. The molecule has 74 valence electrons. The molecule has 0 radical (unpaired) electrons. The van der Waals surface area contributed by atoms with E-state index in [1.807, 2.05) is 0 Å². The number of benzene rings is 1. The quantitative estimate of drug-likeness (QED) is 0.795. The van der Waals surface area contributed by atoms with Crippen LogP contribution in [0, 0.1) is 5.82 Å². The Hall–Kier alpha value is -1.10. The maximum atomic E-state index is 13.0. The predicted molar refractivity (Wildman–Crippen MR) is 53.4 cm³/mol. The van der Waals surface area contributed by atoms with Crippen molar-refractivity contribution in [2.45, 2.75) is 6.04 Å². The Morgan fingerprint density at radius 1 is 1.43 bits per heavy atom. The van der Waals surface area contributed by atoms with E-state index in [0.29, 0.717) is 11.0 Å². The van der Waals surface area contributed by atoms with Crippen molar-refractivity contribution >= 4 is 22.0 Å². The van der Waals surface area contributed by atoms with Gasteiger partial charge < -0.3 is 10.6 Å². The fraction of sp³-hybridized carbons (Fsp3) is 0.222. The summed E-state index contributed by atoms with van der Waals surface area (Å²) in [5.74, 6) is -0.310. The highest BCUT2D eigenvalue weighted by atomic mass is 79.9. The molecular formula is C9H8BrFN2O. The molecule has 1 saturated heterocycles. The standard InChI is InChI=1S/C9H8BrFN2O/c10-6-1-5(2-7(11)3-6)8-4-12-9(14)13-8/h1-3,8H,4H2,(H2,12,13,14). The first-order valence-electron chi connectivity index (χ1n) is 4.15. The lowest BCUT2D eigenvalue weighted by atomic mass is 10.1. The van der Waals surface area contributed by atoms with Crippen LogP contribution < -0.4 is 10.6 Å². The Bertz CT molecular complexity index is 363. The first kappa shape index (κ1) is 9.45. The van der Waals surface area contributed by atoms with Crippen LogP contribution in [0.25, 0.3) is 0 Å². The molecule has 1 atom stereocenters. The third kappa shape index (κ3) is 1.87. The fourth-order valence-electron chi connectivity index (χ4n) is 1.43.